The second kappa shape index (κ2) is 7.74. The topological polar surface area (TPSA) is 19.4 Å². The average molecular weight is 404 g/mol. The molecule has 0 amide bonds. The molecule has 3 nitrogen and oxygen atoms in total. The summed E-state index contributed by atoms with van der Waals surface area (Å²) >= 11 is 7.39. The number of nitrogens with zero attached hydrogens (tertiary/aromatic N) is 3. The van der Waals surface area contributed by atoms with Crippen molar-refractivity contribution >= 4 is 28.6 Å². The average Bonchev–Trinajstić information content (AvgIpc) is 3.04. The number of thiazole rings is 1. The van der Waals surface area contributed by atoms with E-state index < -0.39 is 11.7 Å². The molecule has 0 bridgehead atoms. The Morgan fingerprint density at radius 2 is 1.88 bits per heavy atom. The van der Waals surface area contributed by atoms with Gasteiger partial charge in [0.05, 0.1) is 21.3 Å². The number of anilines is 1. The van der Waals surface area contributed by atoms with Gasteiger partial charge in [0, 0.05) is 49.7 Å². The maximum absolute atomic E-state index is 13.0. The van der Waals surface area contributed by atoms with E-state index in [9.17, 15) is 13.2 Å². The van der Waals surface area contributed by atoms with E-state index in [1.54, 1.807) is 17.4 Å². The van der Waals surface area contributed by atoms with Crippen molar-refractivity contribution in [2.75, 3.05) is 31.1 Å². The highest BCUT2D eigenvalue weighted by atomic mass is 35.5. The van der Waals surface area contributed by atoms with Crippen LogP contribution >= 0.6 is 22.9 Å². The van der Waals surface area contributed by atoms with E-state index in [4.69, 9.17) is 11.6 Å². The minimum Gasteiger partial charge on any atom is -0.369 e. The molecular formula is C18H21ClF3N3S. The van der Waals surface area contributed by atoms with Gasteiger partial charge in [0.2, 0.25) is 0 Å². The molecule has 26 heavy (non-hydrogen) atoms. The molecule has 2 heterocycles. The monoisotopic (exact) mass is 403 g/mol. The Morgan fingerprint density at radius 1 is 1.19 bits per heavy atom. The zero-order valence-corrected chi connectivity index (χ0v) is 16.3. The van der Waals surface area contributed by atoms with E-state index in [0.29, 0.717) is 24.7 Å². The standard InChI is InChI=1S/C18H21ClF3N3S/c1-12(2)17-23-13(11-26-17)10-24-5-7-25(8-6-24)14-3-4-16(19)15(9-14)18(20,21)22/h3-4,9,11-12H,5-8,10H2,1-2H3. The molecule has 1 aliphatic heterocycles. The second-order valence-electron chi connectivity index (χ2n) is 6.76. The van der Waals surface area contributed by atoms with Crippen LogP contribution in [0.3, 0.4) is 0 Å². The summed E-state index contributed by atoms with van der Waals surface area (Å²) in [5.41, 5.74) is 0.859. The minimum atomic E-state index is -4.44. The number of rotatable bonds is 4. The molecule has 0 atom stereocenters. The van der Waals surface area contributed by atoms with Crippen LogP contribution in [0, 0.1) is 0 Å². The minimum absolute atomic E-state index is 0.260. The summed E-state index contributed by atoms with van der Waals surface area (Å²) < 4.78 is 39.1. The molecule has 2 aromatic rings. The van der Waals surface area contributed by atoms with Gasteiger partial charge in [-0.15, -0.1) is 11.3 Å². The number of piperazine rings is 1. The van der Waals surface area contributed by atoms with Crippen LogP contribution in [-0.4, -0.2) is 36.1 Å². The molecule has 1 fully saturated rings. The number of benzene rings is 1. The first kappa shape index (κ1) is 19.5. The van der Waals surface area contributed by atoms with Crippen molar-refractivity contribution in [3.05, 3.63) is 44.9 Å². The van der Waals surface area contributed by atoms with Crippen LogP contribution in [-0.2, 0) is 12.7 Å². The molecule has 1 aromatic heterocycles. The highest BCUT2D eigenvalue weighted by Gasteiger charge is 2.34. The molecule has 0 saturated carbocycles. The quantitative estimate of drug-likeness (QED) is 0.694. The van der Waals surface area contributed by atoms with Crippen molar-refractivity contribution in [3.63, 3.8) is 0 Å². The summed E-state index contributed by atoms with van der Waals surface area (Å²) in [5.74, 6) is 0.429. The van der Waals surface area contributed by atoms with Crippen LogP contribution in [0.4, 0.5) is 18.9 Å². The van der Waals surface area contributed by atoms with Gasteiger partial charge in [-0.25, -0.2) is 4.98 Å². The van der Waals surface area contributed by atoms with E-state index in [-0.39, 0.29) is 5.02 Å². The largest absolute Gasteiger partial charge is 0.417 e. The highest BCUT2D eigenvalue weighted by molar-refractivity contribution is 7.09. The Bertz CT molecular complexity index is 752. The second-order valence-corrected chi connectivity index (χ2v) is 8.05. The Kier molecular flexibility index (Phi) is 5.79. The van der Waals surface area contributed by atoms with Gasteiger partial charge in [0.1, 0.15) is 0 Å². The lowest BCUT2D eigenvalue weighted by Crippen LogP contribution is -2.46. The number of alkyl halides is 3. The normalized spacial score (nSPS) is 16.5. The van der Waals surface area contributed by atoms with E-state index in [0.717, 1.165) is 36.4 Å². The Labute approximate surface area is 160 Å². The third-order valence-electron chi connectivity index (χ3n) is 4.44. The van der Waals surface area contributed by atoms with Crippen LogP contribution in [0.2, 0.25) is 5.02 Å². The maximum Gasteiger partial charge on any atom is 0.417 e. The van der Waals surface area contributed by atoms with Gasteiger partial charge in [0.25, 0.3) is 0 Å². The molecule has 1 aliphatic rings. The van der Waals surface area contributed by atoms with E-state index in [1.807, 2.05) is 4.90 Å². The highest BCUT2D eigenvalue weighted by Crippen LogP contribution is 2.37. The fraction of sp³-hybridized carbons (Fsp3) is 0.500. The molecule has 8 heteroatoms. The third kappa shape index (κ3) is 4.50. The van der Waals surface area contributed by atoms with Crippen LogP contribution in [0.1, 0.15) is 36.0 Å². The van der Waals surface area contributed by atoms with Gasteiger partial charge < -0.3 is 4.90 Å². The molecule has 0 spiro atoms. The zero-order valence-electron chi connectivity index (χ0n) is 14.7. The summed E-state index contributed by atoms with van der Waals surface area (Å²) in [6.07, 6.45) is -4.44. The zero-order chi connectivity index (χ0) is 18.9. The van der Waals surface area contributed by atoms with E-state index in [1.165, 1.54) is 6.07 Å². The van der Waals surface area contributed by atoms with Crippen LogP contribution in [0.5, 0.6) is 0 Å². The van der Waals surface area contributed by atoms with Gasteiger partial charge in [-0.2, -0.15) is 13.2 Å². The van der Waals surface area contributed by atoms with Crippen LogP contribution in [0.25, 0.3) is 0 Å². The molecule has 0 aliphatic carbocycles. The Hall–Kier alpha value is -1.31. The third-order valence-corrected chi connectivity index (χ3v) is 5.97. The van der Waals surface area contributed by atoms with Crippen LogP contribution in [0.15, 0.2) is 23.6 Å². The predicted molar refractivity (Wildman–Crippen MR) is 100 cm³/mol. The first-order chi connectivity index (χ1) is 12.2. The summed E-state index contributed by atoms with van der Waals surface area (Å²) in [5, 5.41) is 2.97. The Balaban J connectivity index is 1.61. The lowest BCUT2D eigenvalue weighted by molar-refractivity contribution is -0.137. The van der Waals surface area contributed by atoms with Crippen molar-refractivity contribution < 1.29 is 13.2 Å². The molecule has 0 unspecified atom stereocenters. The van der Waals surface area contributed by atoms with Crippen molar-refractivity contribution in [2.24, 2.45) is 0 Å². The van der Waals surface area contributed by atoms with Crippen LogP contribution < -0.4 is 4.90 Å². The number of aromatic nitrogens is 1. The van der Waals surface area contributed by atoms with Gasteiger partial charge in [-0.3, -0.25) is 4.90 Å². The fourth-order valence-corrected chi connectivity index (χ4v) is 4.03. The molecule has 0 N–H and O–H groups in total. The van der Waals surface area contributed by atoms with Crippen molar-refractivity contribution in [3.8, 4) is 0 Å². The van der Waals surface area contributed by atoms with Crippen molar-refractivity contribution in [1.82, 2.24) is 9.88 Å². The molecular weight excluding hydrogens is 383 g/mol. The number of halogens is 4. The maximum atomic E-state index is 13.0. The summed E-state index contributed by atoms with van der Waals surface area (Å²) in [6, 6.07) is 4.13. The fourth-order valence-electron chi connectivity index (χ4n) is 2.98. The first-order valence-corrected chi connectivity index (χ1v) is 9.78. The van der Waals surface area contributed by atoms with Crippen molar-refractivity contribution in [2.45, 2.75) is 32.5 Å². The summed E-state index contributed by atoms with van der Waals surface area (Å²) in [4.78, 5) is 8.92. The predicted octanol–water partition coefficient (Wildman–Crippen LogP) is 5.26. The molecule has 3 rings (SSSR count). The van der Waals surface area contributed by atoms with Gasteiger partial charge in [0.15, 0.2) is 0 Å². The molecule has 0 radical (unpaired) electrons. The Morgan fingerprint density at radius 3 is 2.46 bits per heavy atom. The molecule has 142 valence electrons. The number of hydrogen-bond donors (Lipinski definition) is 0. The first-order valence-electron chi connectivity index (χ1n) is 8.52. The summed E-state index contributed by atoms with van der Waals surface area (Å²) in [6.45, 7) is 7.98. The van der Waals surface area contributed by atoms with Gasteiger partial charge in [-0.1, -0.05) is 25.4 Å². The SMILES string of the molecule is CC(C)c1nc(CN2CCN(c3ccc(Cl)c(C(F)(F)F)c3)CC2)cs1. The van der Waals surface area contributed by atoms with Gasteiger partial charge in [-0.05, 0) is 18.2 Å². The van der Waals surface area contributed by atoms with E-state index >= 15 is 0 Å². The lowest BCUT2D eigenvalue weighted by atomic mass is 10.1. The van der Waals surface area contributed by atoms with Gasteiger partial charge >= 0.3 is 6.18 Å². The lowest BCUT2D eigenvalue weighted by Gasteiger charge is -2.36. The van der Waals surface area contributed by atoms with E-state index in [2.05, 4.69) is 29.1 Å². The number of hydrogen-bond acceptors (Lipinski definition) is 4. The van der Waals surface area contributed by atoms with Crippen molar-refractivity contribution in [1.29, 1.82) is 0 Å². The molecule has 1 aromatic carbocycles. The molecule has 1 saturated heterocycles. The smallest absolute Gasteiger partial charge is 0.369 e. The summed E-state index contributed by atoms with van der Waals surface area (Å²) in [7, 11) is 0.